The van der Waals surface area contributed by atoms with Crippen LogP contribution in [-0.2, 0) is 4.79 Å². The molecule has 3 rings (SSSR count). The molecule has 1 saturated carbocycles. The van der Waals surface area contributed by atoms with Crippen LogP contribution in [0.1, 0.15) is 38.5 Å². The highest BCUT2D eigenvalue weighted by Gasteiger charge is 2.31. The number of aliphatic hydroxyl groups excluding tert-OH is 1. The Balaban J connectivity index is 1.48. The number of nitrogens with zero attached hydrogens (tertiary/aromatic N) is 1. The van der Waals surface area contributed by atoms with Crippen molar-refractivity contribution in [3.63, 3.8) is 0 Å². The maximum atomic E-state index is 12.6. The van der Waals surface area contributed by atoms with Crippen LogP contribution in [0.4, 0.5) is 0 Å². The van der Waals surface area contributed by atoms with E-state index in [4.69, 9.17) is 16.3 Å². The topological polar surface area (TPSA) is 49.8 Å². The summed E-state index contributed by atoms with van der Waals surface area (Å²) in [5, 5.41) is 10.2. The molecule has 1 aromatic rings. The first-order valence-corrected chi connectivity index (χ1v) is 8.89. The van der Waals surface area contributed by atoms with Crippen LogP contribution in [0.25, 0.3) is 0 Å². The van der Waals surface area contributed by atoms with Gasteiger partial charge in [0.05, 0.1) is 11.1 Å². The van der Waals surface area contributed by atoms with Gasteiger partial charge >= 0.3 is 0 Å². The van der Waals surface area contributed by atoms with Crippen molar-refractivity contribution in [2.24, 2.45) is 5.92 Å². The molecule has 2 aliphatic rings. The molecule has 4 nitrogen and oxygen atoms in total. The summed E-state index contributed by atoms with van der Waals surface area (Å²) in [5.74, 6) is 1.08. The number of para-hydroxylation sites is 1. The quantitative estimate of drug-likeness (QED) is 0.921. The summed E-state index contributed by atoms with van der Waals surface area (Å²) in [7, 11) is 0. The Labute approximate surface area is 142 Å². The van der Waals surface area contributed by atoms with Crippen LogP contribution in [0, 0.1) is 5.92 Å². The largest absolute Gasteiger partial charge is 0.489 e. The van der Waals surface area contributed by atoms with E-state index in [1.807, 2.05) is 29.2 Å². The molecule has 126 valence electrons. The number of piperidine rings is 1. The zero-order chi connectivity index (χ0) is 16.2. The van der Waals surface area contributed by atoms with Gasteiger partial charge in [-0.25, -0.2) is 0 Å². The first kappa shape index (κ1) is 16.6. The summed E-state index contributed by atoms with van der Waals surface area (Å²) in [6.45, 7) is 1.49. The summed E-state index contributed by atoms with van der Waals surface area (Å²) < 4.78 is 5.97. The predicted octanol–water partition coefficient (Wildman–Crippen LogP) is 3.26. The molecule has 5 heteroatoms. The fraction of sp³-hybridized carbons (Fsp3) is 0.611. The second kappa shape index (κ2) is 7.54. The molecule has 1 amide bonds. The molecule has 1 aliphatic carbocycles. The van der Waals surface area contributed by atoms with Crippen LogP contribution in [0.5, 0.6) is 5.75 Å². The van der Waals surface area contributed by atoms with E-state index in [1.165, 1.54) is 0 Å². The van der Waals surface area contributed by atoms with E-state index in [0.717, 1.165) is 57.4 Å². The van der Waals surface area contributed by atoms with Crippen molar-refractivity contribution in [2.45, 2.75) is 50.7 Å². The molecule has 0 spiro atoms. The standard InChI is InChI=1S/C18H24ClNO3/c19-16-3-1-2-4-17(16)23-15-9-11-20(12-10-15)18(22)13-5-7-14(21)8-6-13/h1-4,13-15,21H,5-12H2. The predicted molar refractivity (Wildman–Crippen MR) is 89.6 cm³/mol. The fourth-order valence-electron chi connectivity index (χ4n) is 3.49. The molecule has 2 fully saturated rings. The summed E-state index contributed by atoms with van der Waals surface area (Å²) in [4.78, 5) is 14.5. The molecular formula is C18H24ClNO3. The molecule has 1 aliphatic heterocycles. The van der Waals surface area contributed by atoms with Crippen LogP contribution in [0.15, 0.2) is 24.3 Å². The number of carbonyl (C=O) groups is 1. The van der Waals surface area contributed by atoms with Crippen LogP contribution in [0.2, 0.25) is 5.02 Å². The van der Waals surface area contributed by atoms with Crippen LogP contribution in [-0.4, -0.2) is 41.2 Å². The van der Waals surface area contributed by atoms with E-state index < -0.39 is 0 Å². The Hall–Kier alpha value is -1.26. The molecule has 0 aromatic heterocycles. The molecule has 1 saturated heterocycles. The highest BCUT2D eigenvalue weighted by molar-refractivity contribution is 6.32. The third kappa shape index (κ3) is 4.18. The lowest BCUT2D eigenvalue weighted by Crippen LogP contribution is -2.45. The van der Waals surface area contributed by atoms with E-state index in [9.17, 15) is 9.90 Å². The maximum absolute atomic E-state index is 12.6. The van der Waals surface area contributed by atoms with Crippen molar-refractivity contribution >= 4 is 17.5 Å². The minimum atomic E-state index is -0.214. The van der Waals surface area contributed by atoms with Gasteiger partial charge in [-0.1, -0.05) is 23.7 Å². The number of likely N-dealkylation sites (tertiary alicyclic amines) is 1. The van der Waals surface area contributed by atoms with Crippen LogP contribution < -0.4 is 4.74 Å². The zero-order valence-corrected chi connectivity index (χ0v) is 14.0. The van der Waals surface area contributed by atoms with Crippen LogP contribution in [0.3, 0.4) is 0 Å². The first-order valence-electron chi connectivity index (χ1n) is 8.51. The molecular weight excluding hydrogens is 314 g/mol. The van der Waals surface area contributed by atoms with Crippen LogP contribution >= 0.6 is 11.6 Å². The molecule has 0 bridgehead atoms. The number of ether oxygens (including phenoxy) is 1. The van der Waals surface area contributed by atoms with Crippen molar-refractivity contribution in [1.82, 2.24) is 4.90 Å². The van der Waals surface area contributed by atoms with Crippen molar-refractivity contribution in [1.29, 1.82) is 0 Å². The second-order valence-electron chi connectivity index (χ2n) is 6.58. The first-order chi connectivity index (χ1) is 11.1. The van der Waals surface area contributed by atoms with Crippen molar-refractivity contribution in [3.8, 4) is 5.75 Å². The van der Waals surface area contributed by atoms with Gasteiger partial charge in [0.1, 0.15) is 11.9 Å². The van der Waals surface area contributed by atoms with E-state index in [2.05, 4.69) is 0 Å². The Morgan fingerprint density at radius 1 is 1.09 bits per heavy atom. The van der Waals surface area contributed by atoms with E-state index in [-0.39, 0.29) is 24.0 Å². The minimum absolute atomic E-state index is 0.0967. The SMILES string of the molecule is O=C(C1CCC(O)CC1)N1CCC(Oc2ccccc2Cl)CC1. The Kier molecular flexibility index (Phi) is 5.44. The summed E-state index contributed by atoms with van der Waals surface area (Å²) in [5.41, 5.74) is 0. The van der Waals surface area contributed by atoms with E-state index in [0.29, 0.717) is 5.02 Å². The molecule has 1 N–H and O–H groups in total. The molecule has 0 unspecified atom stereocenters. The third-order valence-corrected chi connectivity index (χ3v) is 5.24. The van der Waals surface area contributed by atoms with Gasteiger partial charge in [-0.3, -0.25) is 4.79 Å². The van der Waals surface area contributed by atoms with Crippen molar-refractivity contribution in [3.05, 3.63) is 29.3 Å². The smallest absolute Gasteiger partial charge is 0.225 e. The van der Waals surface area contributed by atoms with E-state index in [1.54, 1.807) is 0 Å². The lowest BCUT2D eigenvalue weighted by Gasteiger charge is -2.35. The molecule has 23 heavy (non-hydrogen) atoms. The Bertz CT molecular complexity index is 535. The number of rotatable bonds is 3. The molecule has 0 atom stereocenters. The number of hydrogen-bond donors (Lipinski definition) is 1. The molecule has 1 heterocycles. The van der Waals surface area contributed by atoms with Gasteiger partial charge in [0, 0.05) is 31.8 Å². The highest BCUT2D eigenvalue weighted by atomic mass is 35.5. The monoisotopic (exact) mass is 337 g/mol. The molecule has 1 aromatic carbocycles. The maximum Gasteiger partial charge on any atom is 0.225 e. The highest BCUT2D eigenvalue weighted by Crippen LogP contribution is 2.29. The van der Waals surface area contributed by atoms with Crippen molar-refractivity contribution in [2.75, 3.05) is 13.1 Å². The number of benzene rings is 1. The summed E-state index contributed by atoms with van der Waals surface area (Å²) in [6, 6.07) is 7.51. The Morgan fingerprint density at radius 2 is 1.74 bits per heavy atom. The summed E-state index contributed by atoms with van der Waals surface area (Å²) in [6.07, 6.45) is 4.72. The van der Waals surface area contributed by atoms with Gasteiger partial charge in [0.15, 0.2) is 0 Å². The average molecular weight is 338 g/mol. The summed E-state index contributed by atoms with van der Waals surface area (Å²) >= 11 is 6.13. The van der Waals surface area contributed by atoms with Crippen molar-refractivity contribution < 1.29 is 14.6 Å². The van der Waals surface area contributed by atoms with Gasteiger partial charge in [0.2, 0.25) is 5.91 Å². The number of hydrogen-bond acceptors (Lipinski definition) is 3. The fourth-order valence-corrected chi connectivity index (χ4v) is 3.68. The minimum Gasteiger partial charge on any atom is -0.489 e. The lowest BCUT2D eigenvalue weighted by atomic mass is 9.86. The number of aliphatic hydroxyl groups is 1. The average Bonchev–Trinajstić information content (AvgIpc) is 2.58. The van der Waals surface area contributed by atoms with Gasteiger partial charge in [-0.05, 0) is 37.8 Å². The number of carbonyl (C=O) groups excluding carboxylic acids is 1. The second-order valence-corrected chi connectivity index (χ2v) is 6.99. The number of halogens is 1. The number of amides is 1. The van der Waals surface area contributed by atoms with Gasteiger partial charge in [-0.2, -0.15) is 0 Å². The zero-order valence-electron chi connectivity index (χ0n) is 13.3. The normalized spacial score (nSPS) is 26.1. The van der Waals surface area contributed by atoms with Gasteiger partial charge in [0.25, 0.3) is 0 Å². The van der Waals surface area contributed by atoms with Gasteiger partial charge in [-0.15, -0.1) is 0 Å². The van der Waals surface area contributed by atoms with Gasteiger partial charge < -0.3 is 14.7 Å². The third-order valence-electron chi connectivity index (χ3n) is 4.93. The molecule has 0 radical (unpaired) electrons. The Morgan fingerprint density at radius 3 is 2.39 bits per heavy atom. The van der Waals surface area contributed by atoms with E-state index >= 15 is 0 Å². The lowest BCUT2D eigenvalue weighted by molar-refractivity contribution is -0.139.